The zero-order chi connectivity index (χ0) is 13.1. The first-order valence-electron chi connectivity index (χ1n) is 6.68. The number of phenols is 1. The minimum absolute atomic E-state index is 0.0408. The molecule has 0 aromatic heterocycles. The van der Waals surface area contributed by atoms with Crippen molar-refractivity contribution in [2.45, 2.75) is 39.2 Å². The quantitative estimate of drug-likeness (QED) is 0.844. The Kier molecular flexibility index (Phi) is 3.90. The number of nitrogens with one attached hydrogen (secondary N) is 1. The normalized spacial score (nSPS) is 27.8. The molecule has 3 nitrogen and oxygen atoms in total. The van der Waals surface area contributed by atoms with Gasteiger partial charge in [-0.15, -0.1) is 0 Å². The Morgan fingerprint density at radius 3 is 2.56 bits per heavy atom. The fourth-order valence-electron chi connectivity index (χ4n) is 2.65. The van der Waals surface area contributed by atoms with E-state index in [0.29, 0.717) is 17.4 Å². The van der Waals surface area contributed by atoms with Crippen LogP contribution < -0.4 is 5.32 Å². The maximum atomic E-state index is 12.1. The van der Waals surface area contributed by atoms with Gasteiger partial charge in [-0.2, -0.15) is 0 Å². The van der Waals surface area contributed by atoms with Gasteiger partial charge in [0.05, 0.1) is 0 Å². The van der Waals surface area contributed by atoms with Crippen LogP contribution in [-0.4, -0.2) is 17.1 Å². The first kappa shape index (κ1) is 12.9. The molecular formula is C15H21NO2. The molecule has 3 atom stereocenters. The van der Waals surface area contributed by atoms with Gasteiger partial charge in [-0.05, 0) is 42.5 Å². The van der Waals surface area contributed by atoms with E-state index in [1.54, 1.807) is 24.3 Å². The minimum atomic E-state index is -0.0408. The molecule has 0 aliphatic heterocycles. The van der Waals surface area contributed by atoms with Gasteiger partial charge < -0.3 is 10.4 Å². The third-order valence-corrected chi connectivity index (χ3v) is 4.15. The first-order valence-corrected chi connectivity index (χ1v) is 6.68. The van der Waals surface area contributed by atoms with Crippen molar-refractivity contribution in [3.63, 3.8) is 0 Å². The predicted molar refractivity (Wildman–Crippen MR) is 71.5 cm³/mol. The van der Waals surface area contributed by atoms with Crippen LogP contribution >= 0.6 is 0 Å². The van der Waals surface area contributed by atoms with E-state index >= 15 is 0 Å². The standard InChI is InChI=1S/C15H21NO2/c1-10-4-3-5-14(11(10)2)16-15(18)12-6-8-13(17)9-7-12/h6-11,14,17H,3-5H2,1-2H3,(H,16,18). The molecule has 1 aliphatic carbocycles. The van der Waals surface area contributed by atoms with Crippen molar-refractivity contribution < 1.29 is 9.90 Å². The zero-order valence-corrected chi connectivity index (χ0v) is 11.0. The molecule has 1 aromatic rings. The van der Waals surface area contributed by atoms with E-state index in [0.717, 1.165) is 6.42 Å². The molecule has 0 spiro atoms. The summed E-state index contributed by atoms with van der Waals surface area (Å²) < 4.78 is 0. The minimum Gasteiger partial charge on any atom is -0.508 e. The van der Waals surface area contributed by atoms with Gasteiger partial charge in [0.25, 0.3) is 5.91 Å². The maximum absolute atomic E-state index is 12.1. The molecule has 0 saturated heterocycles. The van der Waals surface area contributed by atoms with Crippen molar-refractivity contribution in [2.75, 3.05) is 0 Å². The lowest BCUT2D eigenvalue weighted by atomic mass is 9.78. The largest absolute Gasteiger partial charge is 0.508 e. The van der Waals surface area contributed by atoms with Gasteiger partial charge in [-0.1, -0.05) is 26.7 Å². The molecule has 0 bridgehead atoms. The summed E-state index contributed by atoms with van der Waals surface area (Å²) in [5, 5.41) is 12.3. The van der Waals surface area contributed by atoms with E-state index in [-0.39, 0.29) is 17.7 Å². The van der Waals surface area contributed by atoms with E-state index in [1.165, 1.54) is 12.8 Å². The van der Waals surface area contributed by atoms with Crippen LogP contribution in [0.25, 0.3) is 0 Å². The number of rotatable bonds is 2. The first-order chi connectivity index (χ1) is 8.58. The lowest BCUT2D eigenvalue weighted by Gasteiger charge is -2.34. The van der Waals surface area contributed by atoms with Crippen molar-refractivity contribution in [3.05, 3.63) is 29.8 Å². The van der Waals surface area contributed by atoms with Crippen LogP contribution in [-0.2, 0) is 0 Å². The SMILES string of the molecule is CC1CCCC(NC(=O)c2ccc(O)cc2)C1C. The summed E-state index contributed by atoms with van der Waals surface area (Å²) >= 11 is 0. The predicted octanol–water partition coefficient (Wildman–Crippen LogP) is 2.95. The van der Waals surface area contributed by atoms with E-state index in [1.807, 2.05) is 0 Å². The van der Waals surface area contributed by atoms with Gasteiger partial charge in [-0.25, -0.2) is 0 Å². The molecule has 1 amide bonds. The fraction of sp³-hybridized carbons (Fsp3) is 0.533. The fourth-order valence-corrected chi connectivity index (χ4v) is 2.65. The third-order valence-electron chi connectivity index (χ3n) is 4.15. The van der Waals surface area contributed by atoms with Crippen molar-refractivity contribution >= 4 is 5.91 Å². The van der Waals surface area contributed by atoms with Crippen molar-refractivity contribution in [1.82, 2.24) is 5.32 Å². The second-order valence-corrected chi connectivity index (χ2v) is 5.39. The second-order valence-electron chi connectivity index (χ2n) is 5.39. The van der Waals surface area contributed by atoms with Crippen LogP contribution in [0.5, 0.6) is 5.75 Å². The number of carbonyl (C=O) groups is 1. The Hall–Kier alpha value is -1.51. The van der Waals surface area contributed by atoms with Crippen molar-refractivity contribution in [1.29, 1.82) is 0 Å². The summed E-state index contributed by atoms with van der Waals surface area (Å²) in [6.07, 6.45) is 3.51. The van der Waals surface area contributed by atoms with Gasteiger partial charge in [-0.3, -0.25) is 4.79 Å². The number of hydrogen-bond donors (Lipinski definition) is 2. The van der Waals surface area contributed by atoms with Crippen molar-refractivity contribution in [3.8, 4) is 5.75 Å². The molecule has 2 N–H and O–H groups in total. The highest BCUT2D eigenvalue weighted by Gasteiger charge is 2.28. The zero-order valence-electron chi connectivity index (χ0n) is 11.0. The van der Waals surface area contributed by atoms with Crippen LogP contribution in [0.4, 0.5) is 0 Å². The van der Waals surface area contributed by atoms with Gasteiger partial charge in [0.2, 0.25) is 0 Å². The van der Waals surface area contributed by atoms with Crippen molar-refractivity contribution in [2.24, 2.45) is 11.8 Å². The molecular weight excluding hydrogens is 226 g/mol. The average molecular weight is 247 g/mol. The molecule has 18 heavy (non-hydrogen) atoms. The Balaban J connectivity index is 2.00. The summed E-state index contributed by atoms with van der Waals surface area (Å²) in [4.78, 5) is 12.1. The Morgan fingerprint density at radius 1 is 1.22 bits per heavy atom. The lowest BCUT2D eigenvalue weighted by molar-refractivity contribution is 0.0891. The van der Waals surface area contributed by atoms with E-state index in [2.05, 4.69) is 19.2 Å². The summed E-state index contributed by atoms with van der Waals surface area (Å²) in [5.74, 6) is 1.34. The number of amides is 1. The molecule has 2 rings (SSSR count). The molecule has 98 valence electrons. The van der Waals surface area contributed by atoms with Crippen LogP contribution in [0.3, 0.4) is 0 Å². The number of phenolic OH excluding ortho intramolecular Hbond substituents is 1. The highest BCUT2D eigenvalue weighted by Crippen LogP contribution is 2.29. The third kappa shape index (κ3) is 2.84. The van der Waals surface area contributed by atoms with Gasteiger partial charge in [0.1, 0.15) is 5.75 Å². The molecule has 3 unspecified atom stereocenters. The van der Waals surface area contributed by atoms with E-state index in [4.69, 9.17) is 0 Å². The summed E-state index contributed by atoms with van der Waals surface area (Å²) in [6.45, 7) is 4.47. The summed E-state index contributed by atoms with van der Waals surface area (Å²) in [7, 11) is 0. The summed E-state index contributed by atoms with van der Waals surface area (Å²) in [6, 6.07) is 6.67. The number of hydrogen-bond acceptors (Lipinski definition) is 2. The van der Waals surface area contributed by atoms with Gasteiger partial charge in [0, 0.05) is 11.6 Å². The molecule has 0 heterocycles. The summed E-state index contributed by atoms with van der Waals surface area (Å²) in [5.41, 5.74) is 0.609. The number of aromatic hydroxyl groups is 1. The second kappa shape index (κ2) is 5.42. The highest BCUT2D eigenvalue weighted by atomic mass is 16.3. The molecule has 1 saturated carbocycles. The lowest BCUT2D eigenvalue weighted by Crippen LogP contribution is -2.43. The van der Waals surface area contributed by atoms with E-state index < -0.39 is 0 Å². The van der Waals surface area contributed by atoms with Gasteiger partial charge in [0.15, 0.2) is 0 Å². The van der Waals surface area contributed by atoms with Crippen LogP contribution in [0, 0.1) is 11.8 Å². The topological polar surface area (TPSA) is 49.3 Å². The highest BCUT2D eigenvalue weighted by molar-refractivity contribution is 5.94. The van der Waals surface area contributed by atoms with Crippen LogP contribution in [0.2, 0.25) is 0 Å². The Bertz CT molecular complexity index is 413. The average Bonchev–Trinajstić information content (AvgIpc) is 2.36. The molecule has 1 aromatic carbocycles. The number of carbonyl (C=O) groups excluding carboxylic acids is 1. The Morgan fingerprint density at radius 2 is 1.89 bits per heavy atom. The maximum Gasteiger partial charge on any atom is 0.251 e. The molecule has 1 fully saturated rings. The van der Waals surface area contributed by atoms with Crippen LogP contribution in [0.15, 0.2) is 24.3 Å². The van der Waals surface area contributed by atoms with Gasteiger partial charge >= 0.3 is 0 Å². The molecule has 3 heteroatoms. The number of benzene rings is 1. The smallest absolute Gasteiger partial charge is 0.251 e. The monoisotopic (exact) mass is 247 g/mol. The molecule has 0 radical (unpaired) electrons. The van der Waals surface area contributed by atoms with Crippen LogP contribution in [0.1, 0.15) is 43.5 Å². The van der Waals surface area contributed by atoms with E-state index in [9.17, 15) is 9.90 Å². The molecule has 1 aliphatic rings. The Labute approximate surface area is 108 Å².